The highest BCUT2D eigenvalue weighted by molar-refractivity contribution is 5.88. The van der Waals surface area contributed by atoms with Crippen molar-refractivity contribution in [3.05, 3.63) is 102 Å². The molecule has 3 rings (SSSR count). The first-order chi connectivity index (χ1) is 16.9. The largest absolute Gasteiger partial charge is 0.494 e. The molecule has 1 unspecified atom stereocenters. The average molecular weight is 473 g/mol. The molecule has 0 aromatic heterocycles. The van der Waals surface area contributed by atoms with E-state index in [1.54, 1.807) is 4.90 Å². The second-order valence-electron chi connectivity index (χ2n) is 9.14. The molecule has 0 radical (unpaired) electrons. The maximum Gasteiger partial charge on any atom is 0.243 e. The Morgan fingerprint density at radius 1 is 0.857 bits per heavy atom. The van der Waals surface area contributed by atoms with Crippen molar-refractivity contribution >= 4 is 11.8 Å². The molecule has 3 aromatic rings. The van der Waals surface area contributed by atoms with Crippen LogP contribution < -0.4 is 10.1 Å². The molecule has 1 N–H and O–H groups in total. The van der Waals surface area contributed by atoms with Gasteiger partial charge in [0, 0.05) is 25.4 Å². The summed E-state index contributed by atoms with van der Waals surface area (Å²) >= 11 is 0. The molecule has 0 aliphatic rings. The van der Waals surface area contributed by atoms with E-state index in [0.29, 0.717) is 32.4 Å². The predicted octanol–water partition coefficient (Wildman–Crippen LogP) is 5.32. The number of hydrogen-bond donors (Lipinski definition) is 1. The van der Waals surface area contributed by atoms with Gasteiger partial charge in [-0.3, -0.25) is 9.59 Å². The van der Waals surface area contributed by atoms with Crippen molar-refractivity contribution in [3.63, 3.8) is 0 Å². The van der Waals surface area contributed by atoms with E-state index < -0.39 is 6.04 Å². The van der Waals surface area contributed by atoms with Gasteiger partial charge in [0.25, 0.3) is 0 Å². The van der Waals surface area contributed by atoms with Gasteiger partial charge in [0.05, 0.1) is 6.61 Å². The highest BCUT2D eigenvalue weighted by Crippen LogP contribution is 2.17. The minimum Gasteiger partial charge on any atom is -0.494 e. The molecule has 2 amide bonds. The van der Waals surface area contributed by atoms with Crippen LogP contribution in [0.4, 0.5) is 0 Å². The highest BCUT2D eigenvalue weighted by Gasteiger charge is 2.30. The summed E-state index contributed by atoms with van der Waals surface area (Å²) in [5.74, 6) is 0.599. The SMILES string of the molecule is Cc1ccc(CN(C(=O)CCCOc2ccccc2)C(Cc2ccccc2)C(=O)NC(C)C)cc1. The van der Waals surface area contributed by atoms with Crippen molar-refractivity contribution < 1.29 is 14.3 Å². The lowest BCUT2D eigenvalue weighted by Crippen LogP contribution is -2.51. The monoisotopic (exact) mass is 472 g/mol. The molecule has 5 nitrogen and oxygen atoms in total. The van der Waals surface area contributed by atoms with Gasteiger partial charge in [-0.05, 0) is 50.5 Å². The van der Waals surface area contributed by atoms with E-state index in [2.05, 4.69) is 5.32 Å². The van der Waals surface area contributed by atoms with Crippen LogP contribution in [0.5, 0.6) is 5.75 Å². The zero-order valence-corrected chi connectivity index (χ0v) is 20.9. The van der Waals surface area contributed by atoms with Crippen molar-refractivity contribution in [2.24, 2.45) is 0 Å². The number of benzene rings is 3. The summed E-state index contributed by atoms with van der Waals surface area (Å²) in [4.78, 5) is 28.6. The summed E-state index contributed by atoms with van der Waals surface area (Å²) in [6, 6.07) is 26.9. The maximum atomic E-state index is 13.5. The van der Waals surface area contributed by atoms with Crippen LogP contribution in [0.2, 0.25) is 0 Å². The van der Waals surface area contributed by atoms with Gasteiger partial charge in [0.2, 0.25) is 11.8 Å². The van der Waals surface area contributed by atoms with Crippen molar-refractivity contribution in [2.45, 2.75) is 58.7 Å². The van der Waals surface area contributed by atoms with Gasteiger partial charge < -0.3 is 15.0 Å². The van der Waals surface area contributed by atoms with Crippen molar-refractivity contribution in [1.29, 1.82) is 0 Å². The first kappa shape index (κ1) is 26.0. The van der Waals surface area contributed by atoms with Gasteiger partial charge in [-0.25, -0.2) is 0 Å². The minimum atomic E-state index is -0.608. The molecule has 184 valence electrons. The molecule has 0 saturated carbocycles. The van der Waals surface area contributed by atoms with Gasteiger partial charge >= 0.3 is 0 Å². The molecule has 0 heterocycles. The third-order valence-electron chi connectivity index (χ3n) is 5.72. The number of para-hydroxylation sites is 1. The third-order valence-corrected chi connectivity index (χ3v) is 5.72. The van der Waals surface area contributed by atoms with Crippen LogP contribution >= 0.6 is 0 Å². The van der Waals surface area contributed by atoms with Crippen LogP contribution in [0.15, 0.2) is 84.9 Å². The molecule has 0 fully saturated rings. The Bertz CT molecular complexity index is 1050. The molecule has 0 bridgehead atoms. The molecule has 0 saturated heterocycles. The predicted molar refractivity (Wildman–Crippen MR) is 140 cm³/mol. The molecular formula is C30H36N2O3. The van der Waals surface area contributed by atoms with Crippen LogP contribution in [-0.2, 0) is 22.6 Å². The fourth-order valence-electron chi connectivity index (χ4n) is 3.90. The van der Waals surface area contributed by atoms with E-state index in [1.165, 1.54) is 0 Å². The standard InChI is InChI=1S/C30H36N2O3/c1-23(2)31-30(34)28(21-25-11-6-4-7-12-25)32(22-26-18-16-24(3)17-19-26)29(33)15-10-20-35-27-13-8-5-9-14-27/h4-9,11-14,16-19,23,28H,10,15,20-22H2,1-3H3,(H,31,34). The van der Waals surface area contributed by atoms with Crippen LogP contribution in [0, 0.1) is 6.92 Å². The summed E-state index contributed by atoms with van der Waals surface area (Å²) in [5.41, 5.74) is 3.17. The lowest BCUT2D eigenvalue weighted by atomic mass is 10.0. The summed E-state index contributed by atoms with van der Waals surface area (Å²) in [6.45, 7) is 6.72. The quantitative estimate of drug-likeness (QED) is 0.363. The van der Waals surface area contributed by atoms with Crippen molar-refractivity contribution in [1.82, 2.24) is 10.2 Å². The van der Waals surface area contributed by atoms with E-state index in [1.807, 2.05) is 106 Å². The number of ether oxygens (including phenoxy) is 1. The minimum absolute atomic E-state index is 0.0172. The molecule has 5 heteroatoms. The van der Waals surface area contributed by atoms with Crippen molar-refractivity contribution in [2.75, 3.05) is 6.61 Å². The van der Waals surface area contributed by atoms with Crippen LogP contribution in [-0.4, -0.2) is 35.4 Å². The topological polar surface area (TPSA) is 58.6 Å². The molecule has 0 spiro atoms. The Kier molecular flexibility index (Phi) is 9.91. The first-order valence-electron chi connectivity index (χ1n) is 12.3. The number of nitrogens with zero attached hydrogens (tertiary/aromatic N) is 1. The van der Waals surface area contributed by atoms with Gasteiger partial charge in [0.1, 0.15) is 11.8 Å². The Morgan fingerprint density at radius 3 is 2.11 bits per heavy atom. The number of carbonyl (C=O) groups excluding carboxylic acids is 2. The number of amides is 2. The number of aryl methyl sites for hydroxylation is 1. The third kappa shape index (κ3) is 8.60. The van der Waals surface area contributed by atoms with E-state index >= 15 is 0 Å². The van der Waals surface area contributed by atoms with E-state index in [-0.39, 0.29) is 17.9 Å². The summed E-state index contributed by atoms with van der Waals surface area (Å²) in [5, 5.41) is 3.02. The van der Waals surface area contributed by atoms with E-state index in [4.69, 9.17) is 4.74 Å². The molecule has 0 aliphatic carbocycles. The average Bonchev–Trinajstić information content (AvgIpc) is 2.86. The zero-order valence-electron chi connectivity index (χ0n) is 20.9. The fourth-order valence-corrected chi connectivity index (χ4v) is 3.90. The van der Waals surface area contributed by atoms with Gasteiger partial charge in [-0.1, -0.05) is 78.4 Å². The highest BCUT2D eigenvalue weighted by atomic mass is 16.5. The number of nitrogens with one attached hydrogen (secondary N) is 1. The van der Waals surface area contributed by atoms with Crippen LogP contribution in [0.1, 0.15) is 43.4 Å². The first-order valence-corrected chi connectivity index (χ1v) is 12.3. The summed E-state index contributed by atoms with van der Waals surface area (Å²) in [6.07, 6.45) is 1.33. The van der Waals surface area contributed by atoms with Gasteiger partial charge in [-0.15, -0.1) is 0 Å². The zero-order chi connectivity index (χ0) is 25.0. The maximum absolute atomic E-state index is 13.5. The number of rotatable bonds is 12. The lowest BCUT2D eigenvalue weighted by Gasteiger charge is -2.32. The Morgan fingerprint density at radius 2 is 1.49 bits per heavy atom. The fraction of sp³-hybridized carbons (Fsp3) is 0.333. The Balaban J connectivity index is 1.78. The van der Waals surface area contributed by atoms with Crippen LogP contribution in [0.25, 0.3) is 0 Å². The van der Waals surface area contributed by atoms with Gasteiger partial charge in [0.15, 0.2) is 0 Å². The number of carbonyl (C=O) groups is 2. The Labute approximate surface area is 209 Å². The van der Waals surface area contributed by atoms with E-state index in [9.17, 15) is 9.59 Å². The second-order valence-corrected chi connectivity index (χ2v) is 9.14. The smallest absolute Gasteiger partial charge is 0.243 e. The molecule has 3 aromatic carbocycles. The van der Waals surface area contributed by atoms with E-state index in [0.717, 1.165) is 22.4 Å². The van der Waals surface area contributed by atoms with Gasteiger partial charge in [-0.2, -0.15) is 0 Å². The summed E-state index contributed by atoms with van der Waals surface area (Å²) < 4.78 is 5.77. The Hall–Kier alpha value is -3.60. The normalized spacial score (nSPS) is 11.7. The molecular weight excluding hydrogens is 436 g/mol. The molecule has 35 heavy (non-hydrogen) atoms. The molecule has 1 atom stereocenters. The lowest BCUT2D eigenvalue weighted by molar-refractivity contribution is -0.141. The molecule has 0 aliphatic heterocycles. The van der Waals surface area contributed by atoms with Crippen molar-refractivity contribution in [3.8, 4) is 5.75 Å². The number of hydrogen-bond acceptors (Lipinski definition) is 3. The second kappa shape index (κ2) is 13.3. The van der Waals surface area contributed by atoms with Crippen LogP contribution in [0.3, 0.4) is 0 Å². The summed E-state index contributed by atoms with van der Waals surface area (Å²) in [7, 11) is 0.